The third-order valence-corrected chi connectivity index (χ3v) is 3.03. The van der Waals surface area contributed by atoms with E-state index in [1.54, 1.807) is 16.8 Å². The van der Waals surface area contributed by atoms with Crippen molar-refractivity contribution in [2.75, 3.05) is 5.32 Å². The van der Waals surface area contributed by atoms with Gasteiger partial charge in [-0.3, -0.25) is 4.68 Å². The van der Waals surface area contributed by atoms with Crippen LogP contribution in [0.2, 0.25) is 0 Å². The van der Waals surface area contributed by atoms with Crippen LogP contribution in [0, 0.1) is 5.82 Å². The van der Waals surface area contributed by atoms with Crippen LogP contribution in [0.1, 0.15) is 5.56 Å². The van der Waals surface area contributed by atoms with Crippen molar-refractivity contribution in [2.45, 2.75) is 6.54 Å². The average Bonchev–Trinajstić information content (AvgIpc) is 2.77. The minimum Gasteiger partial charge on any atom is -0.381 e. The van der Waals surface area contributed by atoms with Crippen LogP contribution in [0.5, 0.6) is 0 Å². The summed E-state index contributed by atoms with van der Waals surface area (Å²) in [7, 11) is 1.91. The first-order chi connectivity index (χ1) is 9.20. The summed E-state index contributed by atoms with van der Waals surface area (Å²) in [5, 5.41) is 8.80. The molecule has 0 bridgehead atoms. The van der Waals surface area contributed by atoms with Gasteiger partial charge in [0.1, 0.15) is 5.82 Å². The van der Waals surface area contributed by atoms with Crippen molar-refractivity contribution >= 4 is 16.6 Å². The number of halogens is 1. The molecule has 4 heteroatoms. The van der Waals surface area contributed by atoms with E-state index in [1.807, 2.05) is 31.4 Å². The van der Waals surface area contributed by atoms with Crippen LogP contribution in [0.3, 0.4) is 0 Å². The molecule has 3 rings (SSSR count). The molecule has 19 heavy (non-hydrogen) atoms. The first kappa shape index (κ1) is 11.7. The van der Waals surface area contributed by atoms with Crippen molar-refractivity contribution in [1.29, 1.82) is 0 Å². The maximum Gasteiger partial charge on any atom is 0.123 e. The van der Waals surface area contributed by atoms with Gasteiger partial charge in [-0.1, -0.05) is 12.1 Å². The van der Waals surface area contributed by atoms with E-state index in [9.17, 15) is 4.39 Å². The van der Waals surface area contributed by atoms with Gasteiger partial charge in [0, 0.05) is 30.9 Å². The predicted molar refractivity (Wildman–Crippen MR) is 74.4 cm³/mol. The zero-order valence-electron chi connectivity index (χ0n) is 10.6. The van der Waals surface area contributed by atoms with Crippen LogP contribution in [0.4, 0.5) is 10.1 Å². The Morgan fingerprint density at radius 2 is 1.95 bits per heavy atom. The Kier molecular flexibility index (Phi) is 2.91. The van der Waals surface area contributed by atoms with Gasteiger partial charge in [-0.15, -0.1) is 0 Å². The van der Waals surface area contributed by atoms with Crippen molar-refractivity contribution in [3.63, 3.8) is 0 Å². The number of nitrogens with one attached hydrogen (secondary N) is 1. The quantitative estimate of drug-likeness (QED) is 0.778. The van der Waals surface area contributed by atoms with Gasteiger partial charge in [0.2, 0.25) is 0 Å². The van der Waals surface area contributed by atoms with E-state index < -0.39 is 0 Å². The fourth-order valence-electron chi connectivity index (χ4n) is 2.06. The van der Waals surface area contributed by atoms with Gasteiger partial charge >= 0.3 is 0 Å². The van der Waals surface area contributed by atoms with E-state index in [2.05, 4.69) is 10.4 Å². The summed E-state index contributed by atoms with van der Waals surface area (Å²) in [4.78, 5) is 0. The number of rotatable bonds is 3. The summed E-state index contributed by atoms with van der Waals surface area (Å²) in [6.45, 7) is 0.665. The van der Waals surface area contributed by atoms with Crippen LogP contribution in [0.25, 0.3) is 10.9 Å². The molecule has 0 radical (unpaired) electrons. The van der Waals surface area contributed by atoms with Crippen LogP contribution in [0.15, 0.2) is 48.7 Å². The summed E-state index contributed by atoms with van der Waals surface area (Å²) in [5.41, 5.74) is 3.02. The number of hydrogen-bond acceptors (Lipinski definition) is 2. The van der Waals surface area contributed by atoms with E-state index in [-0.39, 0.29) is 5.82 Å². The SMILES string of the molecule is Cn1cc2ccc(NCc3ccc(F)cc3)cc2n1. The number of nitrogens with zero attached hydrogens (tertiary/aromatic N) is 2. The maximum atomic E-state index is 12.8. The van der Waals surface area contributed by atoms with Crippen LogP contribution < -0.4 is 5.32 Å². The van der Waals surface area contributed by atoms with Crippen LogP contribution in [-0.2, 0) is 13.6 Å². The lowest BCUT2D eigenvalue weighted by Gasteiger charge is -2.06. The molecule has 3 aromatic rings. The van der Waals surface area contributed by atoms with Crippen LogP contribution >= 0.6 is 0 Å². The number of fused-ring (bicyclic) bond motifs is 1. The molecule has 0 amide bonds. The Bertz CT molecular complexity index is 701. The molecule has 0 aliphatic rings. The first-order valence-electron chi connectivity index (χ1n) is 6.12. The van der Waals surface area contributed by atoms with Crippen molar-refractivity contribution in [3.8, 4) is 0 Å². The minimum absolute atomic E-state index is 0.210. The van der Waals surface area contributed by atoms with Gasteiger partial charge < -0.3 is 5.32 Å². The molecular weight excluding hydrogens is 241 g/mol. The topological polar surface area (TPSA) is 29.9 Å². The molecule has 0 spiro atoms. The normalized spacial score (nSPS) is 10.8. The largest absolute Gasteiger partial charge is 0.381 e. The summed E-state index contributed by atoms with van der Waals surface area (Å²) in [5.74, 6) is -0.210. The molecule has 96 valence electrons. The maximum absolute atomic E-state index is 12.8. The number of hydrogen-bond donors (Lipinski definition) is 1. The zero-order valence-corrected chi connectivity index (χ0v) is 10.6. The lowest BCUT2D eigenvalue weighted by atomic mass is 10.2. The second-order valence-corrected chi connectivity index (χ2v) is 4.56. The van der Waals surface area contributed by atoms with Crippen molar-refractivity contribution in [2.24, 2.45) is 7.05 Å². The number of aryl methyl sites for hydroxylation is 1. The Balaban J connectivity index is 1.75. The highest BCUT2D eigenvalue weighted by atomic mass is 19.1. The molecule has 1 aromatic heterocycles. The van der Waals surface area contributed by atoms with Gasteiger partial charge in [0.15, 0.2) is 0 Å². The average molecular weight is 255 g/mol. The van der Waals surface area contributed by atoms with Gasteiger partial charge in [0.25, 0.3) is 0 Å². The Morgan fingerprint density at radius 3 is 2.74 bits per heavy atom. The third-order valence-electron chi connectivity index (χ3n) is 3.03. The predicted octanol–water partition coefficient (Wildman–Crippen LogP) is 3.32. The molecule has 1 N–H and O–H groups in total. The lowest BCUT2D eigenvalue weighted by molar-refractivity contribution is 0.627. The minimum atomic E-state index is -0.210. The monoisotopic (exact) mass is 255 g/mol. The summed E-state index contributed by atoms with van der Waals surface area (Å²) >= 11 is 0. The van der Waals surface area contributed by atoms with Gasteiger partial charge in [-0.25, -0.2) is 4.39 Å². The molecule has 1 heterocycles. The Morgan fingerprint density at radius 1 is 1.16 bits per heavy atom. The van der Waals surface area contributed by atoms with Crippen molar-refractivity contribution in [1.82, 2.24) is 9.78 Å². The Hall–Kier alpha value is -2.36. The molecule has 0 aliphatic heterocycles. The molecule has 0 saturated heterocycles. The molecule has 0 saturated carbocycles. The van der Waals surface area contributed by atoms with E-state index in [0.717, 1.165) is 22.2 Å². The van der Waals surface area contributed by atoms with E-state index in [4.69, 9.17) is 0 Å². The molecule has 0 fully saturated rings. The Labute approximate surface area is 110 Å². The highest BCUT2D eigenvalue weighted by Gasteiger charge is 2.00. The number of benzene rings is 2. The van der Waals surface area contributed by atoms with E-state index in [0.29, 0.717) is 6.54 Å². The highest BCUT2D eigenvalue weighted by Crippen LogP contribution is 2.18. The fraction of sp³-hybridized carbons (Fsp3) is 0.133. The van der Waals surface area contributed by atoms with Crippen molar-refractivity contribution in [3.05, 3.63) is 60.0 Å². The van der Waals surface area contributed by atoms with Gasteiger partial charge in [-0.05, 0) is 35.9 Å². The number of aromatic nitrogens is 2. The van der Waals surface area contributed by atoms with E-state index in [1.165, 1.54) is 12.1 Å². The second-order valence-electron chi connectivity index (χ2n) is 4.56. The van der Waals surface area contributed by atoms with E-state index >= 15 is 0 Å². The second kappa shape index (κ2) is 4.72. The molecule has 0 aliphatic carbocycles. The molecule has 0 atom stereocenters. The zero-order chi connectivity index (χ0) is 13.2. The van der Waals surface area contributed by atoms with Crippen molar-refractivity contribution < 1.29 is 4.39 Å². The molecule has 3 nitrogen and oxygen atoms in total. The summed E-state index contributed by atoms with van der Waals surface area (Å²) in [6, 6.07) is 12.6. The van der Waals surface area contributed by atoms with Gasteiger partial charge in [-0.2, -0.15) is 5.10 Å². The fourth-order valence-corrected chi connectivity index (χ4v) is 2.06. The summed E-state index contributed by atoms with van der Waals surface area (Å²) < 4.78 is 14.6. The highest BCUT2D eigenvalue weighted by molar-refractivity contribution is 5.81. The standard InChI is InChI=1S/C15H14FN3/c1-19-10-12-4-7-14(8-15(12)18-19)17-9-11-2-5-13(16)6-3-11/h2-8,10,17H,9H2,1H3. The molecule has 2 aromatic carbocycles. The lowest BCUT2D eigenvalue weighted by Crippen LogP contribution is -1.99. The first-order valence-corrected chi connectivity index (χ1v) is 6.12. The third kappa shape index (κ3) is 2.57. The smallest absolute Gasteiger partial charge is 0.123 e. The van der Waals surface area contributed by atoms with Crippen LogP contribution in [-0.4, -0.2) is 9.78 Å². The molecular formula is C15H14FN3. The molecule has 0 unspecified atom stereocenters. The number of anilines is 1. The summed E-state index contributed by atoms with van der Waals surface area (Å²) in [6.07, 6.45) is 1.99. The van der Waals surface area contributed by atoms with Gasteiger partial charge in [0.05, 0.1) is 5.52 Å².